The maximum atomic E-state index is 14.0. The van der Waals surface area contributed by atoms with Gasteiger partial charge in [0.1, 0.15) is 17.3 Å². The molecule has 2 aromatic carbocycles. The average Bonchev–Trinajstić information content (AvgIpc) is 3.36. The quantitative estimate of drug-likeness (QED) is 0.314. The zero-order chi connectivity index (χ0) is 22.8. The van der Waals surface area contributed by atoms with Crippen LogP contribution in [-0.4, -0.2) is 27.0 Å². The van der Waals surface area contributed by atoms with Crippen LogP contribution in [-0.2, 0) is 11.3 Å². The molecule has 1 aliphatic rings. The molecule has 33 heavy (non-hydrogen) atoms. The van der Waals surface area contributed by atoms with Crippen LogP contribution in [0.15, 0.2) is 75.6 Å². The fourth-order valence-electron chi connectivity index (χ4n) is 3.48. The molecular formula is C25H19ClFN3O3. The minimum atomic E-state index is -0.367. The monoisotopic (exact) mass is 463 g/mol. The van der Waals surface area contributed by atoms with Crippen molar-refractivity contribution in [2.45, 2.75) is 25.4 Å². The van der Waals surface area contributed by atoms with Gasteiger partial charge < -0.3 is 13.7 Å². The number of amides is 1. The maximum absolute atomic E-state index is 14.0. The van der Waals surface area contributed by atoms with Crippen molar-refractivity contribution in [3.63, 3.8) is 0 Å². The molecule has 166 valence electrons. The number of aromatic nitrogens is 2. The first kappa shape index (κ1) is 21.2. The second kappa shape index (κ2) is 9.03. The van der Waals surface area contributed by atoms with Crippen LogP contribution in [0.4, 0.5) is 4.39 Å². The highest BCUT2D eigenvalue weighted by atomic mass is 35.5. The van der Waals surface area contributed by atoms with E-state index in [0.717, 1.165) is 12.8 Å². The van der Waals surface area contributed by atoms with E-state index in [0.29, 0.717) is 39.5 Å². The number of carbonyl (C=O) groups excluding carboxylic acids is 1. The first-order valence-corrected chi connectivity index (χ1v) is 10.9. The van der Waals surface area contributed by atoms with Crippen molar-refractivity contribution in [2.75, 3.05) is 0 Å². The summed E-state index contributed by atoms with van der Waals surface area (Å²) in [4.78, 5) is 14.6. The number of rotatable bonds is 7. The molecule has 4 aromatic rings. The Hall–Kier alpha value is -3.71. The van der Waals surface area contributed by atoms with Crippen LogP contribution in [0.5, 0.6) is 0 Å². The van der Waals surface area contributed by atoms with Gasteiger partial charge in [-0.25, -0.2) is 4.39 Å². The molecule has 0 radical (unpaired) electrons. The zero-order valence-electron chi connectivity index (χ0n) is 17.4. The first-order chi connectivity index (χ1) is 16.1. The Labute approximate surface area is 194 Å². The van der Waals surface area contributed by atoms with Gasteiger partial charge in [0.05, 0.1) is 22.7 Å². The van der Waals surface area contributed by atoms with Crippen LogP contribution in [0.3, 0.4) is 0 Å². The Morgan fingerprint density at radius 2 is 1.79 bits per heavy atom. The van der Waals surface area contributed by atoms with Crippen LogP contribution in [0.2, 0.25) is 5.02 Å². The summed E-state index contributed by atoms with van der Waals surface area (Å²) >= 11 is 6.20. The summed E-state index contributed by atoms with van der Waals surface area (Å²) in [6, 6.07) is 17.1. The zero-order valence-corrected chi connectivity index (χ0v) is 18.2. The molecule has 0 spiro atoms. The minimum Gasteiger partial charge on any atom is -0.457 e. The topological polar surface area (TPSA) is 72.4 Å². The first-order valence-electron chi connectivity index (χ1n) is 10.5. The Morgan fingerprint density at radius 3 is 2.55 bits per heavy atom. The predicted molar refractivity (Wildman–Crippen MR) is 121 cm³/mol. The predicted octanol–water partition coefficient (Wildman–Crippen LogP) is 5.99. The number of nitrogens with zero attached hydrogens (tertiary/aromatic N) is 3. The molecule has 8 heteroatoms. The molecule has 0 aliphatic heterocycles. The summed E-state index contributed by atoms with van der Waals surface area (Å²) in [5, 5.41) is 8.66. The van der Waals surface area contributed by atoms with Crippen molar-refractivity contribution in [2.24, 2.45) is 0 Å². The highest BCUT2D eigenvalue weighted by molar-refractivity contribution is 6.33. The molecule has 6 nitrogen and oxygen atoms in total. The average molecular weight is 464 g/mol. The Balaban J connectivity index is 1.29. The lowest BCUT2D eigenvalue weighted by Gasteiger charge is -2.18. The van der Waals surface area contributed by atoms with Gasteiger partial charge in [0.15, 0.2) is 0 Å². The van der Waals surface area contributed by atoms with Gasteiger partial charge in [0.25, 0.3) is 0 Å². The summed E-state index contributed by atoms with van der Waals surface area (Å²) in [6.07, 6.45) is 4.85. The van der Waals surface area contributed by atoms with Crippen molar-refractivity contribution in [1.82, 2.24) is 15.1 Å². The van der Waals surface area contributed by atoms with Crippen molar-refractivity contribution in [3.05, 3.63) is 89.2 Å². The number of furan rings is 1. The van der Waals surface area contributed by atoms with E-state index in [1.54, 1.807) is 53.4 Å². The minimum absolute atomic E-state index is 0.128. The lowest BCUT2D eigenvalue weighted by Crippen LogP contribution is -2.31. The van der Waals surface area contributed by atoms with E-state index >= 15 is 0 Å². The third-order valence-electron chi connectivity index (χ3n) is 5.30. The van der Waals surface area contributed by atoms with Gasteiger partial charge in [-0.3, -0.25) is 4.79 Å². The summed E-state index contributed by atoms with van der Waals surface area (Å²) in [6.45, 7) is 0.198. The van der Waals surface area contributed by atoms with E-state index in [1.807, 2.05) is 12.1 Å². The van der Waals surface area contributed by atoms with Crippen molar-refractivity contribution in [1.29, 1.82) is 0 Å². The molecule has 2 aromatic heterocycles. The lowest BCUT2D eigenvalue weighted by molar-refractivity contribution is -0.127. The highest BCUT2D eigenvalue weighted by Gasteiger charge is 2.33. The second-order valence-electron chi connectivity index (χ2n) is 7.69. The van der Waals surface area contributed by atoms with Crippen LogP contribution in [0.1, 0.15) is 24.5 Å². The fraction of sp³-hybridized carbons (Fsp3) is 0.160. The van der Waals surface area contributed by atoms with Crippen molar-refractivity contribution in [3.8, 4) is 22.8 Å². The summed E-state index contributed by atoms with van der Waals surface area (Å²) < 4.78 is 25.4. The molecule has 1 amide bonds. The standard InChI is InChI=1S/C25H19ClFN3O3/c26-20-7-3-1-5-18(20)25-29-28-23(33-25)15-30(16-9-10-16)24(31)14-12-17-11-13-22(32-17)19-6-2-4-8-21(19)27/h1-8,11-14,16H,9-10,15H2. The Morgan fingerprint density at radius 1 is 1.03 bits per heavy atom. The van der Waals surface area contributed by atoms with Gasteiger partial charge in [-0.05, 0) is 55.3 Å². The number of hydrogen-bond donors (Lipinski definition) is 0. The number of benzene rings is 2. The van der Waals surface area contributed by atoms with E-state index in [1.165, 1.54) is 12.1 Å². The largest absolute Gasteiger partial charge is 0.457 e. The van der Waals surface area contributed by atoms with E-state index in [2.05, 4.69) is 10.2 Å². The summed E-state index contributed by atoms with van der Waals surface area (Å²) in [5.74, 6) is 0.935. The van der Waals surface area contributed by atoms with Crippen LogP contribution in [0.25, 0.3) is 28.9 Å². The highest BCUT2D eigenvalue weighted by Crippen LogP contribution is 2.31. The molecule has 1 fully saturated rings. The molecule has 5 rings (SSSR count). The maximum Gasteiger partial charge on any atom is 0.249 e. The second-order valence-corrected chi connectivity index (χ2v) is 8.10. The number of halogens is 2. The van der Waals surface area contributed by atoms with E-state index in [-0.39, 0.29) is 24.3 Å². The van der Waals surface area contributed by atoms with E-state index in [9.17, 15) is 9.18 Å². The summed E-state index contributed by atoms with van der Waals surface area (Å²) in [7, 11) is 0. The molecule has 1 aliphatic carbocycles. The van der Waals surface area contributed by atoms with Crippen molar-refractivity contribution >= 4 is 23.6 Å². The molecule has 0 bridgehead atoms. The molecule has 1 saturated carbocycles. The summed E-state index contributed by atoms with van der Waals surface area (Å²) in [5.41, 5.74) is 1.01. The molecule has 0 atom stereocenters. The van der Waals surface area contributed by atoms with E-state index < -0.39 is 0 Å². The SMILES string of the molecule is O=C(C=Cc1ccc(-c2ccccc2F)o1)N(Cc1nnc(-c2ccccc2Cl)o1)C1CC1. The fourth-order valence-corrected chi connectivity index (χ4v) is 3.69. The normalized spacial score (nSPS) is 13.5. The van der Waals surface area contributed by atoms with Gasteiger partial charge in [0, 0.05) is 12.1 Å². The molecule has 0 saturated heterocycles. The van der Waals surface area contributed by atoms with Crippen LogP contribution >= 0.6 is 11.6 Å². The lowest BCUT2D eigenvalue weighted by atomic mass is 10.1. The Bertz CT molecular complexity index is 1330. The number of carbonyl (C=O) groups is 1. The molecule has 0 unspecified atom stereocenters. The van der Waals surface area contributed by atoms with Crippen molar-refractivity contribution < 1.29 is 18.0 Å². The number of hydrogen-bond acceptors (Lipinski definition) is 5. The Kier molecular flexibility index (Phi) is 5.79. The van der Waals surface area contributed by atoms with E-state index in [4.69, 9.17) is 20.4 Å². The third kappa shape index (κ3) is 4.73. The van der Waals surface area contributed by atoms with Gasteiger partial charge in [-0.2, -0.15) is 0 Å². The molecule has 0 N–H and O–H groups in total. The van der Waals surface area contributed by atoms with Crippen LogP contribution < -0.4 is 0 Å². The van der Waals surface area contributed by atoms with Gasteiger partial charge in [0.2, 0.25) is 17.7 Å². The third-order valence-corrected chi connectivity index (χ3v) is 5.63. The van der Waals surface area contributed by atoms with Gasteiger partial charge in [-0.1, -0.05) is 35.9 Å². The van der Waals surface area contributed by atoms with Gasteiger partial charge >= 0.3 is 0 Å². The van der Waals surface area contributed by atoms with Gasteiger partial charge in [-0.15, -0.1) is 10.2 Å². The molecular weight excluding hydrogens is 445 g/mol. The molecule has 2 heterocycles. The van der Waals surface area contributed by atoms with Crippen LogP contribution in [0, 0.1) is 5.82 Å². The smallest absolute Gasteiger partial charge is 0.249 e.